The fourth-order valence-corrected chi connectivity index (χ4v) is 3.25. The molecule has 1 aliphatic heterocycles. The third kappa shape index (κ3) is 3.79. The van der Waals surface area contributed by atoms with Crippen LogP contribution in [0.25, 0.3) is 0 Å². The lowest BCUT2D eigenvalue weighted by molar-refractivity contribution is 0.135. The summed E-state index contributed by atoms with van der Waals surface area (Å²) in [4.78, 5) is 7.03. The van der Waals surface area contributed by atoms with Crippen molar-refractivity contribution in [3.05, 3.63) is 47.1 Å². The van der Waals surface area contributed by atoms with Crippen molar-refractivity contribution in [3.63, 3.8) is 0 Å². The van der Waals surface area contributed by atoms with Crippen LogP contribution in [0.15, 0.2) is 28.8 Å². The van der Waals surface area contributed by atoms with Gasteiger partial charge in [0.2, 0.25) is 5.89 Å². The molecule has 5 nitrogen and oxygen atoms in total. The fraction of sp³-hybridized carbons (Fsp3) is 0.556. The van der Waals surface area contributed by atoms with Crippen LogP contribution in [0, 0.1) is 0 Å². The number of piperazine rings is 1. The number of nitrogens with zero attached hydrogens (tertiary/aromatic N) is 3. The van der Waals surface area contributed by atoms with E-state index in [9.17, 15) is 0 Å². The van der Waals surface area contributed by atoms with E-state index < -0.39 is 0 Å². The minimum absolute atomic E-state index is 0. The number of benzene rings is 1. The third-order valence-electron chi connectivity index (χ3n) is 4.89. The highest BCUT2D eigenvalue weighted by Crippen LogP contribution is 2.38. The highest BCUT2D eigenvalue weighted by atomic mass is 35.5. The zero-order chi connectivity index (χ0) is 15.6. The molecule has 0 radical (unpaired) electrons. The number of aromatic nitrogens is 2. The van der Waals surface area contributed by atoms with Crippen molar-refractivity contribution in [3.8, 4) is 0 Å². The summed E-state index contributed by atoms with van der Waals surface area (Å²) < 4.78 is 5.47. The van der Waals surface area contributed by atoms with Gasteiger partial charge in [-0.05, 0) is 30.4 Å². The number of nitrogens with one attached hydrogen (secondary N) is 1. The Bertz CT molecular complexity index is 653. The minimum Gasteiger partial charge on any atom is -0.338 e. The summed E-state index contributed by atoms with van der Waals surface area (Å²) >= 11 is 0. The van der Waals surface area contributed by atoms with Crippen LogP contribution < -0.4 is 5.32 Å². The summed E-state index contributed by atoms with van der Waals surface area (Å²) in [7, 11) is 0. The molecule has 1 saturated carbocycles. The molecule has 1 saturated heterocycles. The molecule has 4 rings (SSSR count). The van der Waals surface area contributed by atoms with Gasteiger partial charge in [-0.3, -0.25) is 4.90 Å². The standard InChI is InChI=1S/C18H24N4O.ClH/c1-2-13-3-5-14(6-4-13)16-11-19-9-10-22(16)12-17-20-18(21-23-17)15-7-8-15;/h3-6,15-16,19H,2,7-12H2,1H3;1H. The zero-order valence-electron chi connectivity index (χ0n) is 14.1. The van der Waals surface area contributed by atoms with Crippen molar-refractivity contribution in [2.24, 2.45) is 0 Å². The van der Waals surface area contributed by atoms with Gasteiger partial charge < -0.3 is 9.84 Å². The Morgan fingerprint density at radius 3 is 2.75 bits per heavy atom. The van der Waals surface area contributed by atoms with Crippen LogP contribution in [-0.4, -0.2) is 34.7 Å². The van der Waals surface area contributed by atoms with Crippen LogP contribution >= 0.6 is 12.4 Å². The van der Waals surface area contributed by atoms with Crippen molar-refractivity contribution < 1.29 is 4.52 Å². The first-order valence-electron chi connectivity index (χ1n) is 8.69. The lowest BCUT2D eigenvalue weighted by Crippen LogP contribution is -2.45. The molecule has 2 fully saturated rings. The largest absolute Gasteiger partial charge is 0.338 e. The second-order valence-electron chi connectivity index (χ2n) is 6.61. The number of aryl methyl sites for hydroxylation is 1. The Hall–Kier alpha value is -1.43. The van der Waals surface area contributed by atoms with Gasteiger partial charge in [-0.1, -0.05) is 36.3 Å². The Kier molecular flexibility index (Phi) is 5.54. The first-order valence-corrected chi connectivity index (χ1v) is 8.69. The van der Waals surface area contributed by atoms with E-state index in [-0.39, 0.29) is 12.4 Å². The van der Waals surface area contributed by atoms with E-state index >= 15 is 0 Å². The molecular weight excluding hydrogens is 324 g/mol. The maximum atomic E-state index is 5.47. The smallest absolute Gasteiger partial charge is 0.240 e. The van der Waals surface area contributed by atoms with E-state index in [2.05, 4.69) is 51.5 Å². The van der Waals surface area contributed by atoms with Gasteiger partial charge in [0.1, 0.15) is 0 Å². The van der Waals surface area contributed by atoms with E-state index in [1.165, 1.54) is 24.0 Å². The molecule has 1 aromatic heterocycles. The first-order chi connectivity index (χ1) is 11.3. The Morgan fingerprint density at radius 1 is 1.25 bits per heavy atom. The van der Waals surface area contributed by atoms with Crippen LogP contribution in [0.4, 0.5) is 0 Å². The summed E-state index contributed by atoms with van der Waals surface area (Å²) in [6.45, 7) is 5.90. The molecule has 130 valence electrons. The molecule has 0 bridgehead atoms. The normalized spacial score (nSPS) is 21.5. The number of hydrogen-bond acceptors (Lipinski definition) is 5. The predicted octanol–water partition coefficient (Wildman–Crippen LogP) is 3.08. The molecular formula is C18H25ClN4O. The predicted molar refractivity (Wildman–Crippen MR) is 95.4 cm³/mol. The SMILES string of the molecule is CCc1ccc(C2CNCCN2Cc2nc(C3CC3)no2)cc1.Cl. The molecule has 1 unspecified atom stereocenters. The Balaban J connectivity index is 0.00000169. The molecule has 1 aliphatic carbocycles. The van der Waals surface area contributed by atoms with Gasteiger partial charge in [-0.25, -0.2) is 0 Å². The van der Waals surface area contributed by atoms with Gasteiger partial charge in [0.25, 0.3) is 0 Å². The van der Waals surface area contributed by atoms with E-state index in [0.717, 1.165) is 44.3 Å². The van der Waals surface area contributed by atoms with E-state index in [4.69, 9.17) is 4.52 Å². The summed E-state index contributed by atoms with van der Waals surface area (Å²) in [6, 6.07) is 9.35. The maximum absolute atomic E-state index is 5.47. The molecule has 0 spiro atoms. The summed E-state index contributed by atoms with van der Waals surface area (Å²) in [6.07, 6.45) is 3.50. The average Bonchev–Trinajstić information content (AvgIpc) is 3.35. The average molecular weight is 349 g/mol. The van der Waals surface area contributed by atoms with Gasteiger partial charge in [0, 0.05) is 31.6 Å². The van der Waals surface area contributed by atoms with Crippen LogP contribution in [0.2, 0.25) is 0 Å². The van der Waals surface area contributed by atoms with Crippen LogP contribution in [-0.2, 0) is 13.0 Å². The van der Waals surface area contributed by atoms with Gasteiger partial charge in [0.05, 0.1) is 6.54 Å². The minimum atomic E-state index is 0. The highest BCUT2D eigenvalue weighted by molar-refractivity contribution is 5.85. The quantitative estimate of drug-likeness (QED) is 0.899. The molecule has 0 amide bonds. The fourth-order valence-electron chi connectivity index (χ4n) is 3.25. The number of halogens is 1. The van der Waals surface area contributed by atoms with Crippen LogP contribution in [0.3, 0.4) is 0 Å². The zero-order valence-corrected chi connectivity index (χ0v) is 14.9. The molecule has 2 heterocycles. The van der Waals surface area contributed by atoms with Gasteiger partial charge in [-0.2, -0.15) is 4.98 Å². The third-order valence-corrected chi connectivity index (χ3v) is 4.89. The second-order valence-corrected chi connectivity index (χ2v) is 6.61. The molecule has 1 aromatic carbocycles. The Morgan fingerprint density at radius 2 is 2.04 bits per heavy atom. The van der Waals surface area contributed by atoms with Crippen molar-refractivity contribution in [1.29, 1.82) is 0 Å². The number of hydrogen-bond donors (Lipinski definition) is 1. The van der Waals surface area contributed by atoms with Crippen molar-refractivity contribution in [2.75, 3.05) is 19.6 Å². The topological polar surface area (TPSA) is 54.2 Å². The first kappa shape index (κ1) is 17.4. The molecule has 2 aliphatic rings. The molecule has 6 heteroatoms. The van der Waals surface area contributed by atoms with Gasteiger partial charge in [-0.15, -0.1) is 12.4 Å². The van der Waals surface area contributed by atoms with Crippen molar-refractivity contribution in [2.45, 2.75) is 44.7 Å². The summed E-state index contributed by atoms with van der Waals surface area (Å²) in [5.74, 6) is 2.20. The lowest BCUT2D eigenvalue weighted by Gasteiger charge is -2.35. The molecule has 2 aromatic rings. The number of rotatable bonds is 5. The maximum Gasteiger partial charge on any atom is 0.240 e. The highest BCUT2D eigenvalue weighted by Gasteiger charge is 2.30. The molecule has 24 heavy (non-hydrogen) atoms. The Labute approximate surface area is 149 Å². The lowest BCUT2D eigenvalue weighted by atomic mass is 10.0. The monoisotopic (exact) mass is 348 g/mol. The van der Waals surface area contributed by atoms with Gasteiger partial charge in [0.15, 0.2) is 5.82 Å². The molecule has 1 atom stereocenters. The summed E-state index contributed by atoms with van der Waals surface area (Å²) in [5, 5.41) is 7.64. The van der Waals surface area contributed by atoms with E-state index in [1.807, 2.05) is 0 Å². The summed E-state index contributed by atoms with van der Waals surface area (Å²) in [5.41, 5.74) is 2.74. The van der Waals surface area contributed by atoms with E-state index in [1.54, 1.807) is 0 Å². The van der Waals surface area contributed by atoms with Crippen molar-refractivity contribution in [1.82, 2.24) is 20.4 Å². The molecule has 1 N–H and O–H groups in total. The van der Waals surface area contributed by atoms with Crippen LogP contribution in [0.5, 0.6) is 0 Å². The van der Waals surface area contributed by atoms with E-state index in [0.29, 0.717) is 12.0 Å². The van der Waals surface area contributed by atoms with Gasteiger partial charge >= 0.3 is 0 Å². The van der Waals surface area contributed by atoms with Crippen molar-refractivity contribution >= 4 is 12.4 Å². The second kappa shape index (κ2) is 7.64. The van der Waals surface area contributed by atoms with Crippen LogP contribution in [0.1, 0.15) is 54.6 Å².